The van der Waals surface area contributed by atoms with Crippen LogP contribution in [0.1, 0.15) is 12.1 Å². The topological polar surface area (TPSA) is 80.5 Å². The molecule has 0 radical (unpaired) electrons. The lowest BCUT2D eigenvalue weighted by atomic mass is 10.0. The molecule has 0 amide bonds. The van der Waals surface area contributed by atoms with Gasteiger partial charge in [-0.15, -0.1) is 0 Å². The maximum atomic E-state index is 4.83. The molecular weight excluding hydrogens is 348 g/mol. The maximum Gasteiger partial charge on any atom is 0.174 e. The Kier molecular flexibility index (Phi) is 4.73. The molecule has 0 aromatic carbocycles. The van der Waals surface area contributed by atoms with Crippen LogP contribution in [0.3, 0.4) is 0 Å². The number of hydrazone groups is 1. The zero-order valence-electron chi connectivity index (χ0n) is 15.3. The van der Waals surface area contributed by atoms with Crippen LogP contribution in [0.4, 0.5) is 5.00 Å². The monoisotopic (exact) mass is 372 g/mol. The molecule has 2 N–H and O–H groups in total. The van der Waals surface area contributed by atoms with Crippen LogP contribution in [0.2, 0.25) is 0 Å². The summed E-state index contributed by atoms with van der Waals surface area (Å²) in [5.41, 5.74) is 2.06. The van der Waals surface area contributed by atoms with Crippen molar-refractivity contribution >= 4 is 34.4 Å². The minimum atomic E-state index is 0.291. The van der Waals surface area contributed by atoms with E-state index in [1.807, 2.05) is 32.1 Å². The highest BCUT2D eigenvalue weighted by Crippen LogP contribution is 2.27. The molecule has 3 aliphatic rings. The molecule has 2 atom stereocenters. The Morgan fingerprint density at radius 2 is 2.27 bits per heavy atom. The number of hydrogen-bond donors (Lipinski definition) is 2. The van der Waals surface area contributed by atoms with Crippen LogP contribution in [0, 0.1) is 12.8 Å². The van der Waals surface area contributed by atoms with Gasteiger partial charge < -0.3 is 15.5 Å². The summed E-state index contributed by atoms with van der Waals surface area (Å²) in [6.07, 6.45) is 5.08. The standard InChI is InChI=1S/C17H24N8S/c1-11-6-15(26-23-11)22-16-17-19-8-14(12-7-20-24(3)9-12)25(17)10-13(21-16)4-5-18-2/h6-7,10,12,14,18H,4-5,8-9H2,1-3H3,(H,21,22). The summed E-state index contributed by atoms with van der Waals surface area (Å²) >= 11 is 1.45. The van der Waals surface area contributed by atoms with Gasteiger partial charge in [-0.25, -0.2) is 4.99 Å². The molecule has 0 saturated heterocycles. The molecule has 2 unspecified atom stereocenters. The second-order valence-electron chi connectivity index (χ2n) is 6.80. The Hall–Kier alpha value is -2.26. The van der Waals surface area contributed by atoms with E-state index in [0.717, 1.165) is 54.1 Å². The summed E-state index contributed by atoms with van der Waals surface area (Å²) in [5.74, 6) is 2.10. The molecule has 138 valence electrons. The van der Waals surface area contributed by atoms with E-state index in [9.17, 15) is 0 Å². The first kappa shape index (κ1) is 17.2. The summed E-state index contributed by atoms with van der Waals surface area (Å²) in [7, 11) is 3.97. The fraction of sp³-hybridized carbons (Fsp3) is 0.529. The van der Waals surface area contributed by atoms with Gasteiger partial charge in [-0.1, -0.05) is 0 Å². The van der Waals surface area contributed by atoms with Crippen LogP contribution in [-0.4, -0.2) is 71.9 Å². The van der Waals surface area contributed by atoms with E-state index in [0.29, 0.717) is 12.0 Å². The molecule has 1 aromatic rings. The largest absolute Gasteiger partial charge is 0.328 e. The zero-order valence-corrected chi connectivity index (χ0v) is 16.1. The number of nitrogens with zero attached hydrogens (tertiary/aromatic N) is 6. The van der Waals surface area contributed by atoms with Crippen molar-refractivity contribution in [3.63, 3.8) is 0 Å². The summed E-state index contributed by atoms with van der Waals surface area (Å²) < 4.78 is 4.35. The van der Waals surface area contributed by atoms with Crippen LogP contribution in [0.15, 0.2) is 33.0 Å². The SMILES string of the molecule is CNCCC1=CN2C(=NCC2C2C=NN(C)C2)C(Nc2cc(C)ns2)=N1. The van der Waals surface area contributed by atoms with Crippen molar-refractivity contribution in [2.45, 2.75) is 19.4 Å². The number of nitrogens with one attached hydrogen (secondary N) is 2. The van der Waals surface area contributed by atoms with Crippen LogP contribution >= 0.6 is 11.5 Å². The number of fused-ring (bicyclic) bond motifs is 1. The molecule has 4 rings (SSSR count). The van der Waals surface area contributed by atoms with Gasteiger partial charge in [-0.05, 0) is 31.6 Å². The zero-order chi connectivity index (χ0) is 18.1. The normalized spacial score (nSPS) is 24.5. The molecule has 0 spiro atoms. The maximum absolute atomic E-state index is 4.83. The van der Waals surface area contributed by atoms with Crippen molar-refractivity contribution in [2.75, 3.05) is 39.0 Å². The smallest absolute Gasteiger partial charge is 0.174 e. The van der Waals surface area contributed by atoms with Crippen LogP contribution in [0.5, 0.6) is 0 Å². The van der Waals surface area contributed by atoms with Gasteiger partial charge in [0.15, 0.2) is 11.7 Å². The van der Waals surface area contributed by atoms with E-state index in [1.54, 1.807) is 0 Å². The van der Waals surface area contributed by atoms with Crippen molar-refractivity contribution < 1.29 is 0 Å². The predicted octanol–water partition coefficient (Wildman–Crippen LogP) is 1.36. The third-order valence-electron chi connectivity index (χ3n) is 4.71. The van der Waals surface area contributed by atoms with Crippen molar-refractivity contribution in [1.82, 2.24) is 19.6 Å². The minimum absolute atomic E-state index is 0.291. The van der Waals surface area contributed by atoms with E-state index in [2.05, 4.69) is 37.4 Å². The third kappa shape index (κ3) is 3.36. The van der Waals surface area contributed by atoms with Crippen molar-refractivity contribution in [3.05, 3.63) is 23.7 Å². The van der Waals surface area contributed by atoms with Crippen molar-refractivity contribution in [2.24, 2.45) is 21.0 Å². The van der Waals surface area contributed by atoms with Gasteiger partial charge in [0.1, 0.15) is 5.00 Å². The number of amidine groups is 2. The number of hydrogen-bond acceptors (Lipinski definition) is 9. The lowest BCUT2D eigenvalue weighted by molar-refractivity contribution is 0.298. The quantitative estimate of drug-likeness (QED) is 0.816. The molecule has 8 nitrogen and oxygen atoms in total. The molecule has 0 bridgehead atoms. The first-order valence-corrected chi connectivity index (χ1v) is 9.64. The highest BCUT2D eigenvalue weighted by molar-refractivity contribution is 7.10. The molecule has 0 fully saturated rings. The van der Waals surface area contributed by atoms with E-state index in [-0.39, 0.29) is 0 Å². The lowest BCUT2D eigenvalue weighted by Gasteiger charge is -2.31. The van der Waals surface area contributed by atoms with Gasteiger partial charge >= 0.3 is 0 Å². The number of aromatic nitrogens is 1. The third-order valence-corrected chi connectivity index (χ3v) is 5.51. The molecular formula is C17H24N8S. The fourth-order valence-electron chi connectivity index (χ4n) is 3.40. The Bertz CT molecular complexity index is 792. The second kappa shape index (κ2) is 7.16. The van der Waals surface area contributed by atoms with Crippen LogP contribution in [0.25, 0.3) is 0 Å². The Labute approximate surface area is 157 Å². The summed E-state index contributed by atoms with van der Waals surface area (Å²) in [6, 6.07) is 2.33. The minimum Gasteiger partial charge on any atom is -0.328 e. The lowest BCUT2D eigenvalue weighted by Crippen LogP contribution is -2.45. The van der Waals surface area contributed by atoms with Crippen molar-refractivity contribution in [3.8, 4) is 0 Å². The molecule has 0 aliphatic carbocycles. The number of aryl methyl sites for hydroxylation is 1. The average Bonchev–Trinajstić information content (AvgIpc) is 3.33. The van der Waals surface area contributed by atoms with E-state index in [1.165, 1.54) is 11.5 Å². The molecule has 9 heteroatoms. The summed E-state index contributed by atoms with van der Waals surface area (Å²) in [5, 5.41) is 14.0. The van der Waals surface area contributed by atoms with Crippen molar-refractivity contribution in [1.29, 1.82) is 0 Å². The molecule has 0 saturated carbocycles. The Balaban J connectivity index is 1.59. The van der Waals surface area contributed by atoms with Gasteiger partial charge in [0.05, 0.1) is 24.0 Å². The van der Waals surface area contributed by atoms with Crippen LogP contribution in [-0.2, 0) is 0 Å². The van der Waals surface area contributed by atoms with Gasteiger partial charge in [-0.3, -0.25) is 10.0 Å². The summed E-state index contributed by atoms with van der Waals surface area (Å²) in [6.45, 7) is 4.57. The van der Waals surface area contributed by atoms with Gasteiger partial charge in [0.2, 0.25) is 0 Å². The predicted molar refractivity (Wildman–Crippen MR) is 107 cm³/mol. The van der Waals surface area contributed by atoms with E-state index < -0.39 is 0 Å². The first-order valence-electron chi connectivity index (χ1n) is 8.87. The summed E-state index contributed by atoms with van der Waals surface area (Å²) in [4.78, 5) is 11.9. The van der Waals surface area contributed by atoms with Gasteiger partial charge in [-0.2, -0.15) is 9.47 Å². The number of anilines is 1. The molecule has 4 heterocycles. The molecule has 3 aliphatic heterocycles. The van der Waals surface area contributed by atoms with Gasteiger partial charge in [0, 0.05) is 44.9 Å². The van der Waals surface area contributed by atoms with Crippen LogP contribution < -0.4 is 10.6 Å². The average molecular weight is 373 g/mol. The second-order valence-corrected chi connectivity index (χ2v) is 7.60. The molecule has 26 heavy (non-hydrogen) atoms. The highest BCUT2D eigenvalue weighted by atomic mass is 32.1. The molecule has 1 aromatic heterocycles. The van der Waals surface area contributed by atoms with Gasteiger partial charge in [0.25, 0.3) is 0 Å². The number of aliphatic imine (C=N–C) groups is 2. The van der Waals surface area contributed by atoms with E-state index in [4.69, 9.17) is 9.98 Å². The Morgan fingerprint density at radius 1 is 1.38 bits per heavy atom. The highest BCUT2D eigenvalue weighted by Gasteiger charge is 2.38. The van der Waals surface area contributed by atoms with E-state index >= 15 is 0 Å². The fourth-order valence-corrected chi connectivity index (χ4v) is 4.06. The first-order chi connectivity index (χ1) is 12.6. The number of rotatable bonds is 5. The Morgan fingerprint density at radius 3 is 2.96 bits per heavy atom.